The number of hydrogen-bond acceptors (Lipinski definition) is 4. The van der Waals surface area contributed by atoms with E-state index in [9.17, 15) is 0 Å². The first kappa shape index (κ1) is 13.0. The number of pyridine rings is 1. The number of para-hydroxylation sites is 1. The van der Waals surface area contributed by atoms with Crippen molar-refractivity contribution in [2.75, 3.05) is 5.73 Å². The maximum Gasteiger partial charge on any atom is 0.123 e. The van der Waals surface area contributed by atoms with Crippen LogP contribution in [-0.4, -0.2) is 14.8 Å². The summed E-state index contributed by atoms with van der Waals surface area (Å²) in [5.41, 5.74) is 7.90. The molecule has 0 saturated carbocycles. The summed E-state index contributed by atoms with van der Waals surface area (Å²) in [5.74, 6) is 1.38. The Hall–Kier alpha value is -2.01. The van der Waals surface area contributed by atoms with Crippen molar-refractivity contribution in [1.82, 2.24) is 14.8 Å². The van der Waals surface area contributed by atoms with E-state index in [0.29, 0.717) is 5.82 Å². The molecule has 102 valence electrons. The predicted octanol–water partition coefficient (Wildman–Crippen LogP) is 3.33. The predicted molar refractivity (Wildman–Crippen MR) is 83.6 cm³/mol. The Labute approximate surface area is 122 Å². The monoisotopic (exact) mass is 284 g/mol. The SMILES string of the molecule is CCn1nc(CSc2ccc(N)nc2)c2ccccc21. The summed E-state index contributed by atoms with van der Waals surface area (Å²) in [4.78, 5) is 5.21. The van der Waals surface area contributed by atoms with Gasteiger partial charge in [0.05, 0.1) is 11.2 Å². The van der Waals surface area contributed by atoms with E-state index in [-0.39, 0.29) is 0 Å². The van der Waals surface area contributed by atoms with Gasteiger partial charge in [-0.3, -0.25) is 4.68 Å². The Morgan fingerprint density at radius 3 is 2.80 bits per heavy atom. The molecule has 3 aromatic rings. The van der Waals surface area contributed by atoms with Crippen LogP contribution < -0.4 is 5.73 Å². The molecule has 0 aliphatic heterocycles. The fourth-order valence-electron chi connectivity index (χ4n) is 2.17. The molecule has 0 spiro atoms. The molecule has 0 aliphatic rings. The first-order valence-corrected chi connectivity index (χ1v) is 7.55. The Balaban J connectivity index is 1.85. The number of aromatic nitrogens is 3. The van der Waals surface area contributed by atoms with E-state index in [2.05, 4.69) is 36.2 Å². The number of nitrogens with zero attached hydrogens (tertiary/aromatic N) is 3. The highest BCUT2D eigenvalue weighted by molar-refractivity contribution is 7.98. The van der Waals surface area contributed by atoms with Crippen LogP contribution in [0.3, 0.4) is 0 Å². The van der Waals surface area contributed by atoms with Crippen LogP contribution in [0.15, 0.2) is 47.5 Å². The molecule has 0 saturated heterocycles. The Morgan fingerprint density at radius 2 is 2.05 bits per heavy atom. The molecular weight excluding hydrogens is 268 g/mol. The molecule has 0 bridgehead atoms. The maximum atomic E-state index is 5.59. The van der Waals surface area contributed by atoms with Crippen molar-refractivity contribution >= 4 is 28.5 Å². The molecule has 0 amide bonds. The molecule has 2 heterocycles. The molecule has 3 rings (SSSR count). The van der Waals surface area contributed by atoms with Crippen molar-refractivity contribution in [2.45, 2.75) is 24.1 Å². The van der Waals surface area contributed by atoms with Gasteiger partial charge in [-0.25, -0.2) is 4.98 Å². The zero-order valence-electron chi connectivity index (χ0n) is 11.3. The molecule has 20 heavy (non-hydrogen) atoms. The Kier molecular flexibility index (Phi) is 3.60. The molecule has 0 fully saturated rings. The molecule has 0 aliphatic carbocycles. The molecular formula is C15H16N4S. The third-order valence-corrected chi connectivity index (χ3v) is 4.16. The van der Waals surface area contributed by atoms with Crippen molar-refractivity contribution in [3.05, 3.63) is 48.3 Å². The van der Waals surface area contributed by atoms with Gasteiger partial charge in [0, 0.05) is 28.8 Å². The largest absolute Gasteiger partial charge is 0.384 e. The van der Waals surface area contributed by atoms with Gasteiger partial charge >= 0.3 is 0 Å². The highest BCUT2D eigenvalue weighted by Crippen LogP contribution is 2.26. The van der Waals surface area contributed by atoms with Gasteiger partial charge in [-0.1, -0.05) is 18.2 Å². The van der Waals surface area contributed by atoms with Gasteiger partial charge in [-0.15, -0.1) is 11.8 Å². The minimum atomic E-state index is 0.551. The number of benzene rings is 1. The summed E-state index contributed by atoms with van der Waals surface area (Å²) in [6.45, 7) is 2.99. The van der Waals surface area contributed by atoms with Crippen LogP contribution in [0.1, 0.15) is 12.6 Å². The van der Waals surface area contributed by atoms with Crippen molar-refractivity contribution in [3.8, 4) is 0 Å². The number of thioether (sulfide) groups is 1. The van der Waals surface area contributed by atoms with E-state index in [4.69, 9.17) is 10.8 Å². The van der Waals surface area contributed by atoms with Crippen LogP contribution in [0.2, 0.25) is 0 Å². The molecule has 0 atom stereocenters. The van der Waals surface area contributed by atoms with E-state index in [0.717, 1.165) is 22.9 Å². The summed E-state index contributed by atoms with van der Waals surface area (Å²) in [6, 6.07) is 12.2. The minimum absolute atomic E-state index is 0.551. The van der Waals surface area contributed by atoms with Gasteiger partial charge in [0.1, 0.15) is 5.82 Å². The number of rotatable bonds is 4. The summed E-state index contributed by atoms with van der Waals surface area (Å²) in [5, 5.41) is 5.92. The van der Waals surface area contributed by atoms with Crippen LogP contribution >= 0.6 is 11.8 Å². The molecule has 1 aromatic carbocycles. The maximum absolute atomic E-state index is 5.59. The third-order valence-electron chi connectivity index (χ3n) is 3.17. The average Bonchev–Trinajstić information content (AvgIpc) is 2.85. The van der Waals surface area contributed by atoms with Crippen LogP contribution in [-0.2, 0) is 12.3 Å². The van der Waals surface area contributed by atoms with Crippen molar-refractivity contribution in [2.24, 2.45) is 0 Å². The number of fused-ring (bicyclic) bond motifs is 1. The van der Waals surface area contributed by atoms with Gasteiger partial charge in [0.15, 0.2) is 0 Å². The van der Waals surface area contributed by atoms with Crippen LogP contribution in [0.4, 0.5) is 5.82 Å². The number of nitrogens with two attached hydrogens (primary N) is 1. The van der Waals surface area contributed by atoms with Crippen molar-refractivity contribution in [3.63, 3.8) is 0 Å². The zero-order valence-corrected chi connectivity index (χ0v) is 12.1. The lowest BCUT2D eigenvalue weighted by atomic mass is 10.2. The van der Waals surface area contributed by atoms with Crippen LogP contribution in [0.5, 0.6) is 0 Å². The Morgan fingerprint density at radius 1 is 1.20 bits per heavy atom. The van der Waals surface area contributed by atoms with Crippen molar-refractivity contribution < 1.29 is 0 Å². The summed E-state index contributed by atoms with van der Waals surface area (Å²) in [7, 11) is 0. The topological polar surface area (TPSA) is 56.7 Å². The highest BCUT2D eigenvalue weighted by atomic mass is 32.2. The van der Waals surface area contributed by atoms with E-state index in [1.807, 2.05) is 16.8 Å². The van der Waals surface area contributed by atoms with Gasteiger partial charge in [-0.2, -0.15) is 5.10 Å². The molecule has 0 radical (unpaired) electrons. The van der Waals surface area contributed by atoms with Gasteiger partial charge in [-0.05, 0) is 25.1 Å². The second-order valence-corrected chi connectivity index (χ2v) is 5.54. The van der Waals surface area contributed by atoms with Gasteiger partial charge < -0.3 is 5.73 Å². The standard InChI is InChI=1S/C15H16N4S/c1-2-19-14-6-4-3-5-12(14)13(18-19)10-20-11-7-8-15(16)17-9-11/h3-9H,2,10H2,1H3,(H2,16,17). The molecule has 5 heteroatoms. The van der Waals surface area contributed by atoms with Crippen LogP contribution in [0.25, 0.3) is 10.9 Å². The summed E-state index contributed by atoms with van der Waals surface area (Å²) in [6.07, 6.45) is 1.80. The molecule has 4 nitrogen and oxygen atoms in total. The molecule has 0 unspecified atom stereocenters. The first-order chi connectivity index (χ1) is 9.78. The van der Waals surface area contributed by atoms with E-state index < -0.39 is 0 Å². The lowest BCUT2D eigenvalue weighted by Gasteiger charge is -2.00. The lowest BCUT2D eigenvalue weighted by molar-refractivity contribution is 0.675. The van der Waals surface area contributed by atoms with Gasteiger partial charge in [0.25, 0.3) is 0 Å². The fourth-order valence-corrected chi connectivity index (χ4v) is 2.98. The average molecular weight is 284 g/mol. The second-order valence-electron chi connectivity index (χ2n) is 4.49. The van der Waals surface area contributed by atoms with E-state index in [1.54, 1.807) is 18.0 Å². The quantitative estimate of drug-likeness (QED) is 0.747. The highest BCUT2D eigenvalue weighted by Gasteiger charge is 2.09. The Bertz CT molecular complexity index is 718. The van der Waals surface area contributed by atoms with E-state index >= 15 is 0 Å². The lowest BCUT2D eigenvalue weighted by Crippen LogP contribution is -1.96. The minimum Gasteiger partial charge on any atom is -0.384 e. The normalized spacial score (nSPS) is 11.1. The first-order valence-electron chi connectivity index (χ1n) is 6.56. The fraction of sp³-hybridized carbons (Fsp3) is 0.200. The second kappa shape index (κ2) is 5.54. The molecule has 2 aromatic heterocycles. The number of aryl methyl sites for hydroxylation is 1. The smallest absolute Gasteiger partial charge is 0.123 e. The van der Waals surface area contributed by atoms with Crippen LogP contribution in [0, 0.1) is 0 Å². The zero-order chi connectivity index (χ0) is 13.9. The van der Waals surface area contributed by atoms with Gasteiger partial charge in [0.2, 0.25) is 0 Å². The third kappa shape index (κ3) is 2.49. The summed E-state index contributed by atoms with van der Waals surface area (Å²) >= 11 is 1.73. The van der Waals surface area contributed by atoms with E-state index in [1.165, 1.54) is 10.9 Å². The summed E-state index contributed by atoms with van der Waals surface area (Å²) < 4.78 is 2.05. The molecule has 2 N–H and O–H groups in total. The number of hydrogen-bond donors (Lipinski definition) is 1. The van der Waals surface area contributed by atoms with Crippen molar-refractivity contribution in [1.29, 1.82) is 0 Å². The number of nitrogen functional groups attached to an aromatic ring is 1. The number of anilines is 1.